The van der Waals surface area contributed by atoms with Crippen LogP contribution in [0.1, 0.15) is 106 Å². The molecule has 4 N–H and O–H groups in total. The van der Waals surface area contributed by atoms with Gasteiger partial charge in [-0.25, -0.2) is 0 Å². The average molecular weight is 477 g/mol. The minimum absolute atomic E-state index is 0.0506. The monoisotopic (exact) mass is 476 g/mol. The standard InChI is InChI=1S/2C15H26O2/c2*1-13(2)6-10-7-14(10,3)11-4-5-15(17,9-16)12(11)8-13/h2*10-12,16-17H,4-9H2,1-3H3/t2*10-,11+,12-,14+,15+/m10/s1. The van der Waals surface area contributed by atoms with Crippen LogP contribution in [0.4, 0.5) is 0 Å². The molecule has 0 bridgehead atoms. The van der Waals surface area contributed by atoms with Crippen molar-refractivity contribution >= 4 is 0 Å². The molecule has 6 rings (SSSR count). The van der Waals surface area contributed by atoms with Crippen LogP contribution >= 0.6 is 0 Å². The summed E-state index contributed by atoms with van der Waals surface area (Å²) in [7, 11) is 0. The first kappa shape index (κ1) is 25.5. The molecule has 0 unspecified atom stereocenters. The first-order valence-electron chi connectivity index (χ1n) is 14.3. The van der Waals surface area contributed by atoms with Gasteiger partial charge in [-0.2, -0.15) is 0 Å². The predicted octanol–water partition coefficient (Wildman–Crippen LogP) is 5.16. The molecular weight excluding hydrogens is 424 g/mol. The second-order valence-corrected chi connectivity index (χ2v) is 16.0. The van der Waals surface area contributed by atoms with Crippen molar-refractivity contribution in [3.63, 3.8) is 0 Å². The van der Waals surface area contributed by atoms with E-state index in [4.69, 9.17) is 0 Å². The molecule has 6 fully saturated rings. The van der Waals surface area contributed by atoms with Crippen molar-refractivity contribution in [2.24, 2.45) is 57.2 Å². The van der Waals surface area contributed by atoms with Crippen molar-refractivity contribution in [1.29, 1.82) is 0 Å². The fraction of sp³-hybridized carbons (Fsp3) is 1.00. The molecular formula is C30H52O4. The minimum atomic E-state index is -0.789. The normalized spacial score (nSPS) is 55.9. The van der Waals surface area contributed by atoms with Crippen molar-refractivity contribution in [1.82, 2.24) is 0 Å². The lowest BCUT2D eigenvalue weighted by Gasteiger charge is -2.37. The van der Waals surface area contributed by atoms with E-state index in [0.29, 0.717) is 45.3 Å². The topological polar surface area (TPSA) is 80.9 Å². The number of aliphatic hydroxyl groups is 4. The number of hydrogen-bond donors (Lipinski definition) is 4. The van der Waals surface area contributed by atoms with Crippen molar-refractivity contribution < 1.29 is 20.4 Å². The van der Waals surface area contributed by atoms with E-state index in [-0.39, 0.29) is 13.2 Å². The van der Waals surface area contributed by atoms with Gasteiger partial charge in [-0.1, -0.05) is 41.5 Å². The molecule has 196 valence electrons. The summed E-state index contributed by atoms with van der Waals surface area (Å²) in [6.45, 7) is 14.1. The Morgan fingerprint density at radius 1 is 0.529 bits per heavy atom. The van der Waals surface area contributed by atoms with Crippen LogP contribution in [0.15, 0.2) is 0 Å². The number of rotatable bonds is 2. The molecule has 0 aromatic rings. The van der Waals surface area contributed by atoms with Gasteiger partial charge in [0.2, 0.25) is 0 Å². The molecule has 4 nitrogen and oxygen atoms in total. The van der Waals surface area contributed by atoms with Gasteiger partial charge in [-0.3, -0.25) is 0 Å². The Labute approximate surface area is 207 Å². The average Bonchev–Trinajstić information content (AvgIpc) is 3.49. The zero-order valence-electron chi connectivity index (χ0n) is 22.7. The highest BCUT2D eigenvalue weighted by atomic mass is 16.3. The Balaban J connectivity index is 0.000000142. The molecule has 0 spiro atoms. The van der Waals surface area contributed by atoms with Gasteiger partial charge in [0.1, 0.15) is 0 Å². The summed E-state index contributed by atoms with van der Waals surface area (Å²) >= 11 is 0. The Morgan fingerprint density at radius 2 is 0.882 bits per heavy atom. The second kappa shape index (κ2) is 7.68. The smallest absolute Gasteiger partial charge is 0.0908 e. The first-order chi connectivity index (χ1) is 15.6. The lowest BCUT2D eigenvalue weighted by molar-refractivity contribution is -0.0668. The molecule has 0 amide bonds. The lowest BCUT2D eigenvalue weighted by Crippen LogP contribution is -2.41. The molecule has 0 aromatic heterocycles. The van der Waals surface area contributed by atoms with E-state index in [1.165, 1.54) is 25.7 Å². The van der Waals surface area contributed by atoms with Gasteiger partial charge < -0.3 is 20.4 Å². The summed E-state index contributed by atoms with van der Waals surface area (Å²) in [4.78, 5) is 0. The SMILES string of the molecule is CC1(C)C[C@@H]2C[C@]2(C)[C@H]2CC[C@](O)(CO)[C@@H]2C1.CC1(C)C[C@H]2C[C@@]2(C)[C@@H]2CC[C@@](O)(CO)[C@H]2C1. The molecule has 34 heavy (non-hydrogen) atoms. The zero-order valence-corrected chi connectivity index (χ0v) is 22.7. The summed E-state index contributed by atoms with van der Waals surface area (Å²) in [5.74, 6) is 3.67. The van der Waals surface area contributed by atoms with Gasteiger partial charge in [0.15, 0.2) is 0 Å². The van der Waals surface area contributed by atoms with Gasteiger partial charge in [0, 0.05) is 0 Å². The van der Waals surface area contributed by atoms with Gasteiger partial charge >= 0.3 is 0 Å². The maximum atomic E-state index is 10.7. The second-order valence-electron chi connectivity index (χ2n) is 16.0. The van der Waals surface area contributed by atoms with Gasteiger partial charge in [-0.15, -0.1) is 0 Å². The summed E-state index contributed by atoms with van der Waals surface area (Å²) in [6, 6.07) is 0. The number of fused-ring (bicyclic) bond motifs is 6. The van der Waals surface area contributed by atoms with Crippen LogP contribution in [0.25, 0.3) is 0 Å². The van der Waals surface area contributed by atoms with Crippen molar-refractivity contribution in [2.45, 2.75) is 117 Å². The van der Waals surface area contributed by atoms with Gasteiger partial charge in [0.05, 0.1) is 24.4 Å². The van der Waals surface area contributed by atoms with Crippen molar-refractivity contribution in [3.8, 4) is 0 Å². The molecule has 4 heteroatoms. The third-order valence-corrected chi connectivity index (χ3v) is 12.4. The van der Waals surface area contributed by atoms with E-state index in [1.54, 1.807) is 0 Å². The summed E-state index contributed by atoms with van der Waals surface area (Å²) < 4.78 is 0. The largest absolute Gasteiger partial charge is 0.393 e. The highest BCUT2D eigenvalue weighted by molar-refractivity contribution is 5.16. The summed E-state index contributed by atoms with van der Waals surface area (Å²) in [5.41, 5.74) is 0.0195. The fourth-order valence-corrected chi connectivity index (χ4v) is 10.1. The molecule has 0 radical (unpaired) electrons. The first-order valence-corrected chi connectivity index (χ1v) is 14.3. The van der Waals surface area contributed by atoms with Crippen LogP contribution in [0, 0.1) is 57.2 Å². The number of aliphatic hydroxyl groups excluding tert-OH is 2. The minimum Gasteiger partial charge on any atom is -0.393 e. The van der Waals surface area contributed by atoms with Crippen LogP contribution in [0.5, 0.6) is 0 Å². The van der Waals surface area contributed by atoms with Crippen molar-refractivity contribution in [3.05, 3.63) is 0 Å². The third-order valence-electron chi connectivity index (χ3n) is 12.4. The lowest BCUT2D eigenvalue weighted by atomic mass is 9.72. The Bertz CT molecular complexity index is 742. The van der Waals surface area contributed by atoms with E-state index in [0.717, 1.165) is 50.4 Å². The van der Waals surface area contributed by atoms with E-state index in [9.17, 15) is 20.4 Å². The molecule has 6 aliphatic rings. The third kappa shape index (κ3) is 3.92. The van der Waals surface area contributed by atoms with Crippen LogP contribution in [-0.2, 0) is 0 Å². The summed E-state index contributed by atoms with van der Waals surface area (Å²) in [6.07, 6.45) is 11.3. The van der Waals surface area contributed by atoms with E-state index in [2.05, 4.69) is 41.5 Å². The molecule has 0 heterocycles. The number of hydrogen-bond acceptors (Lipinski definition) is 4. The maximum absolute atomic E-state index is 10.7. The Hall–Kier alpha value is -0.160. The van der Waals surface area contributed by atoms with Crippen LogP contribution in [-0.4, -0.2) is 44.8 Å². The van der Waals surface area contributed by atoms with E-state index < -0.39 is 11.2 Å². The Morgan fingerprint density at radius 3 is 1.21 bits per heavy atom. The van der Waals surface area contributed by atoms with Crippen molar-refractivity contribution in [2.75, 3.05) is 13.2 Å². The molecule has 0 saturated heterocycles. The molecule has 6 saturated carbocycles. The molecule has 0 aromatic carbocycles. The highest BCUT2D eigenvalue weighted by Crippen LogP contribution is 2.72. The molecule has 10 atom stereocenters. The molecule has 0 aliphatic heterocycles. The molecule has 6 aliphatic carbocycles. The Kier molecular flexibility index (Phi) is 5.76. The highest BCUT2D eigenvalue weighted by Gasteiger charge is 2.66. The van der Waals surface area contributed by atoms with Gasteiger partial charge in [-0.05, 0) is 121 Å². The zero-order chi connectivity index (χ0) is 24.9. The fourth-order valence-electron chi connectivity index (χ4n) is 10.1. The van der Waals surface area contributed by atoms with Crippen LogP contribution < -0.4 is 0 Å². The summed E-state index contributed by atoms with van der Waals surface area (Å²) in [5, 5.41) is 40.4. The van der Waals surface area contributed by atoms with Crippen LogP contribution in [0.2, 0.25) is 0 Å². The van der Waals surface area contributed by atoms with Gasteiger partial charge in [0.25, 0.3) is 0 Å². The van der Waals surface area contributed by atoms with E-state index >= 15 is 0 Å². The maximum Gasteiger partial charge on any atom is 0.0908 e. The quantitative estimate of drug-likeness (QED) is 0.443. The van der Waals surface area contributed by atoms with E-state index in [1.807, 2.05) is 0 Å². The predicted molar refractivity (Wildman–Crippen MR) is 135 cm³/mol. The van der Waals surface area contributed by atoms with Crippen LogP contribution in [0.3, 0.4) is 0 Å².